The average molecular weight is 349 g/mol. The number of carbonyl (C=O) groups is 1. The first-order valence-corrected chi connectivity index (χ1v) is 8.11. The van der Waals surface area contributed by atoms with Crippen LogP contribution in [0.5, 0.6) is 0 Å². The summed E-state index contributed by atoms with van der Waals surface area (Å²) >= 11 is 5.77. The van der Waals surface area contributed by atoms with Crippen LogP contribution in [0.15, 0.2) is 60.7 Å². The molecule has 2 heterocycles. The second-order valence-corrected chi connectivity index (χ2v) is 5.91. The van der Waals surface area contributed by atoms with Gasteiger partial charge in [-0.25, -0.2) is 14.6 Å². The summed E-state index contributed by atoms with van der Waals surface area (Å²) in [6, 6.07) is 19.1. The molecule has 4 aromatic rings. The molecule has 4 rings (SSSR count). The zero-order chi connectivity index (χ0) is 17.4. The summed E-state index contributed by atoms with van der Waals surface area (Å²) in [4.78, 5) is 21.1. The molecule has 25 heavy (non-hydrogen) atoms. The predicted molar refractivity (Wildman–Crippen MR) is 97.0 cm³/mol. The Hall–Kier alpha value is -3.05. The number of carbonyl (C=O) groups excluding carboxylic acids is 1. The van der Waals surface area contributed by atoms with E-state index in [0.717, 1.165) is 11.3 Å². The van der Waals surface area contributed by atoms with Gasteiger partial charge in [0.05, 0.1) is 11.4 Å². The van der Waals surface area contributed by atoms with E-state index in [2.05, 4.69) is 10.1 Å². The lowest BCUT2D eigenvalue weighted by Crippen LogP contribution is -2.04. The summed E-state index contributed by atoms with van der Waals surface area (Å²) in [7, 11) is 0. The minimum atomic E-state index is -0.639. The van der Waals surface area contributed by atoms with Crippen LogP contribution in [0.1, 0.15) is 16.2 Å². The lowest BCUT2D eigenvalue weighted by molar-refractivity contribution is 0.107. The molecule has 2 aromatic heterocycles. The van der Waals surface area contributed by atoms with Gasteiger partial charge in [0, 0.05) is 5.56 Å². The van der Waals surface area contributed by atoms with Gasteiger partial charge in [0.25, 0.3) is 5.24 Å². The topological polar surface area (TPSA) is 60.7 Å². The van der Waals surface area contributed by atoms with E-state index in [1.165, 1.54) is 0 Å². The second kappa shape index (κ2) is 6.11. The Morgan fingerprint density at radius 2 is 1.60 bits per heavy atom. The highest BCUT2D eigenvalue weighted by molar-refractivity contribution is 6.68. The van der Waals surface area contributed by atoms with Crippen LogP contribution in [-0.4, -0.2) is 25.0 Å². The summed E-state index contributed by atoms with van der Waals surface area (Å²) in [5, 5.41) is 3.89. The molecule has 0 aliphatic rings. The lowest BCUT2D eigenvalue weighted by atomic mass is 10.1. The highest BCUT2D eigenvalue weighted by atomic mass is 35.5. The third-order valence-corrected chi connectivity index (χ3v) is 4.08. The molecule has 0 unspecified atom stereocenters. The first-order valence-electron chi connectivity index (χ1n) is 7.73. The Bertz CT molecular complexity index is 1070. The molecule has 0 radical (unpaired) electrons. The standard InChI is InChI=1S/C19H13ClN4O/c1-12-15-19(24(23-12)14-10-6-3-7-11-14)22-16(17(21-15)18(20)25)13-8-4-2-5-9-13/h2-11H,1H3. The molecule has 0 aliphatic carbocycles. The maximum absolute atomic E-state index is 11.9. The minimum Gasteiger partial charge on any atom is -0.274 e. The molecular formula is C19H13ClN4O. The molecule has 122 valence electrons. The molecular weight excluding hydrogens is 336 g/mol. The molecule has 0 amide bonds. The molecule has 0 aliphatic heterocycles. The fourth-order valence-corrected chi connectivity index (χ4v) is 2.88. The minimum absolute atomic E-state index is 0.135. The van der Waals surface area contributed by atoms with Crippen molar-refractivity contribution in [2.24, 2.45) is 0 Å². The summed E-state index contributed by atoms with van der Waals surface area (Å²) < 4.78 is 1.73. The molecule has 0 atom stereocenters. The van der Waals surface area contributed by atoms with Crippen molar-refractivity contribution in [1.82, 2.24) is 19.7 Å². The van der Waals surface area contributed by atoms with E-state index in [0.29, 0.717) is 22.6 Å². The molecule has 0 saturated carbocycles. The van der Waals surface area contributed by atoms with Crippen LogP contribution in [0.3, 0.4) is 0 Å². The zero-order valence-corrected chi connectivity index (χ0v) is 14.1. The van der Waals surface area contributed by atoms with E-state index in [9.17, 15) is 4.79 Å². The van der Waals surface area contributed by atoms with Gasteiger partial charge in [-0.2, -0.15) is 5.10 Å². The van der Waals surface area contributed by atoms with Gasteiger partial charge in [0.15, 0.2) is 5.65 Å². The van der Waals surface area contributed by atoms with Crippen LogP contribution >= 0.6 is 11.6 Å². The number of rotatable bonds is 3. The van der Waals surface area contributed by atoms with Crippen molar-refractivity contribution in [3.63, 3.8) is 0 Å². The van der Waals surface area contributed by atoms with Crippen LogP contribution in [0.2, 0.25) is 0 Å². The fourth-order valence-electron chi connectivity index (χ4n) is 2.75. The summed E-state index contributed by atoms with van der Waals surface area (Å²) in [6.45, 7) is 1.83. The Morgan fingerprint density at radius 1 is 0.960 bits per heavy atom. The number of fused-ring (bicyclic) bond motifs is 1. The van der Waals surface area contributed by atoms with E-state index < -0.39 is 5.24 Å². The molecule has 2 aromatic carbocycles. The van der Waals surface area contributed by atoms with E-state index in [4.69, 9.17) is 16.6 Å². The maximum Gasteiger partial charge on any atom is 0.273 e. The number of benzene rings is 2. The third-order valence-electron chi connectivity index (χ3n) is 3.90. The molecule has 5 nitrogen and oxygen atoms in total. The Balaban J connectivity index is 2.05. The molecule has 0 fully saturated rings. The number of halogens is 1. The van der Waals surface area contributed by atoms with Crippen molar-refractivity contribution in [1.29, 1.82) is 0 Å². The Morgan fingerprint density at radius 3 is 2.24 bits per heavy atom. The van der Waals surface area contributed by atoms with Crippen LogP contribution in [0, 0.1) is 6.92 Å². The van der Waals surface area contributed by atoms with Gasteiger partial charge in [-0.3, -0.25) is 4.79 Å². The largest absolute Gasteiger partial charge is 0.274 e. The molecule has 0 bridgehead atoms. The summed E-state index contributed by atoms with van der Waals surface area (Å²) in [5.74, 6) is 0. The molecule has 6 heteroatoms. The van der Waals surface area contributed by atoms with Crippen LogP contribution in [0.25, 0.3) is 28.1 Å². The van der Waals surface area contributed by atoms with Crippen molar-refractivity contribution in [3.05, 3.63) is 72.1 Å². The third kappa shape index (κ3) is 2.68. The monoisotopic (exact) mass is 348 g/mol. The normalized spacial score (nSPS) is 11.0. The number of aryl methyl sites for hydroxylation is 1. The SMILES string of the molecule is Cc1nn(-c2ccccc2)c2nc(-c3ccccc3)c(C(=O)Cl)nc12. The number of para-hydroxylation sites is 1. The zero-order valence-electron chi connectivity index (χ0n) is 13.3. The van der Waals surface area contributed by atoms with Gasteiger partial charge >= 0.3 is 0 Å². The van der Waals surface area contributed by atoms with Gasteiger partial charge in [0.1, 0.15) is 16.9 Å². The van der Waals surface area contributed by atoms with E-state index >= 15 is 0 Å². The second-order valence-electron chi connectivity index (χ2n) is 5.57. The molecule has 0 N–H and O–H groups in total. The van der Waals surface area contributed by atoms with Crippen LogP contribution in [0.4, 0.5) is 0 Å². The smallest absolute Gasteiger partial charge is 0.273 e. The highest BCUT2D eigenvalue weighted by Gasteiger charge is 2.20. The van der Waals surface area contributed by atoms with Gasteiger partial charge in [0.2, 0.25) is 0 Å². The summed E-state index contributed by atoms with van der Waals surface area (Å²) in [6.07, 6.45) is 0. The lowest BCUT2D eigenvalue weighted by Gasteiger charge is -2.07. The Kier molecular flexibility index (Phi) is 3.78. The number of nitrogens with zero attached hydrogens (tertiary/aromatic N) is 4. The fraction of sp³-hybridized carbons (Fsp3) is 0.0526. The van der Waals surface area contributed by atoms with Crippen molar-refractivity contribution in [2.75, 3.05) is 0 Å². The number of hydrogen-bond donors (Lipinski definition) is 0. The maximum atomic E-state index is 11.9. The van der Waals surface area contributed by atoms with Gasteiger partial charge in [-0.1, -0.05) is 48.5 Å². The van der Waals surface area contributed by atoms with Gasteiger partial charge in [-0.15, -0.1) is 0 Å². The Labute approximate surface area is 148 Å². The van der Waals surface area contributed by atoms with Crippen LogP contribution < -0.4 is 0 Å². The number of hydrogen-bond acceptors (Lipinski definition) is 4. The van der Waals surface area contributed by atoms with Gasteiger partial charge in [-0.05, 0) is 30.7 Å². The number of aromatic nitrogens is 4. The summed E-state index contributed by atoms with van der Waals surface area (Å²) in [5.41, 5.74) is 4.07. The van der Waals surface area contributed by atoms with Crippen molar-refractivity contribution < 1.29 is 4.79 Å². The van der Waals surface area contributed by atoms with Crippen LogP contribution in [-0.2, 0) is 0 Å². The van der Waals surface area contributed by atoms with Crippen molar-refractivity contribution in [2.45, 2.75) is 6.92 Å². The average Bonchev–Trinajstić information content (AvgIpc) is 2.98. The molecule has 0 saturated heterocycles. The molecule has 0 spiro atoms. The van der Waals surface area contributed by atoms with Gasteiger partial charge < -0.3 is 0 Å². The quantitative estimate of drug-likeness (QED) is 0.521. The highest BCUT2D eigenvalue weighted by Crippen LogP contribution is 2.27. The van der Waals surface area contributed by atoms with Crippen molar-refractivity contribution >= 4 is 28.0 Å². The first-order chi connectivity index (χ1) is 12.1. The van der Waals surface area contributed by atoms with E-state index in [-0.39, 0.29) is 5.69 Å². The van der Waals surface area contributed by atoms with E-state index in [1.54, 1.807) is 4.68 Å². The first kappa shape index (κ1) is 15.5. The van der Waals surface area contributed by atoms with Crippen molar-refractivity contribution in [3.8, 4) is 16.9 Å². The predicted octanol–water partition coefficient (Wildman–Crippen LogP) is 4.17. The van der Waals surface area contributed by atoms with E-state index in [1.807, 2.05) is 67.6 Å².